The van der Waals surface area contributed by atoms with E-state index in [1.807, 2.05) is 6.92 Å². The van der Waals surface area contributed by atoms with Gasteiger partial charge in [0.1, 0.15) is 0 Å². The fourth-order valence-electron chi connectivity index (χ4n) is 2.58. The highest BCUT2D eigenvalue weighted by atomic mass is 19.4. The van der Waals surface area contributed by atoms with E-state index in [9.17, 15) is 18.0 Å². The Morgan fingerprint density at radius 3 is 2.58 bits per heavy atom. The SMILES string of the molecule is C#CCC(CC)NC(=O)C1CCCCC1C(F)(F)F. The van der Waals surface area contributed by atoms with Gasteiger partial charge in [-0.1, -0.05) is 19.8 Å². The molecule has 0 aromatic heterocycles. The van der Waals surface area contributed by atoms with Crippen molar-refractivity contribution in [1.29, 1.82) is 0 Å². The topological polar surface area (TPSA) is 29.1 Å². The summed E-state index contributed by atoms with van der Waals surface area (Å²) in [5.74, 6) is -0.532. The molecule has 1 aliphatic carbocycles. The zero-order chi connectivity index (χ0) is 14.5. The minimum Gasteiger partial charge on any atom is -0.352 e. The second-order valence-electron chi connectivity index (χ2n) is 5.06. The first-order chi connectivity index (χ1) is 8.90. The molecule has 19 heavy (non-hydrogen) atoms. The average Bonchev–Trinajstić information content (AvgIpc) is 2.37. The summed E-state index contributed by atoms with van der Waals surface area (Å²) in [5.41, 5.74) is 0. The molecule has 1 amide bonds. The van der Waals surface area contributed by atoms with Crippen LogP contribution in [-0.2, 0) is 4.79 Å². The average molecular weight is 275 g/mol. The van der Waals surface area contributed by atoms with E-state index in [1.165, 1.54) is 0 Å². The summed E-state index contributed by atoms with van der Waals surface area (Å²) in [6, 6.07) is -0.228. The molecule has 3 atom stereocenters. The van der Waals surface area contributed by atoms with Crippen molar-refractivity contribution < 1.29 is 18.0 Å². The Balaban J connectivity index is 2.70. The third-order valence-corrected chi connectivity index (χ3v) is 3.73. The van der Waals surface area contributed by atoms with Gasteiger partial charge in [0.2, 0.25) is 5.91 Å². The zero-order valence-electron chi connectivity index (χ0n) is 11.1. The zero-order valence-corrected chi connectivity index (χ0v) is 11.1. The van der Waals surface area contributed by atoms with Crippen LogP contribution >= 0.6 is 0 Å². The van der Waals surface area contributed by atoms with Crippen molar-refractivity contribution in [2.75, 3.05) is 0 Å². The van der Waals surface area contributed by atoms with E-state index in [4.69, 9.17) is 6.42 Å². The number of terminal acetylenes is 1. The molecule has 0 spiro atoms. The standard InChI is InChI=1S/C14H20F3NO/c1-3-7-10(4-2)18-13(19)11-8-5-6-9-12(11)14(15,16)17/h1,10-12H,4-9H2,2H3,(H,18,19). The number of hydrogen-bond acceptors (Lipinski definition) is 1. The van der Waals surface area contributed by atoms with E-state index < -0.39 is 23.9 Å². The van der Waals surface area contributed by atoms with E-state index in [-0.39, 0.29) is 12.5 Å². The van der Waals surface area contributed by atoms with Gasteiger partial charge >= 0.3 is 6.18 Å². The Hall–Kier alpha value is -1.18. The van der Waals surface area contributed by atoms with Gasteiger partial charge in [-0.3, -0.25) is 4.79 Å². The number of hydrogen-bond donors (Lipinski definition) is 1. The molecular weight excluding hydrogens is 255 g/mol. The Labute approximate surface area is 112 Å². The van der Waals surface area contributed by atoms with E-state index in [0.717, 1.165) is 0 Å². The van der Waals surface area contributed by atoms with Gasteiger partial charge in [0.15, 0.2) is 0 Å². The van der Waals surface area contributed by atoms with Crippen molar-refractivity contribution in [3.8, 4) is 12.3 Å². The first-order valence-corrected chi connectivity index (χ1v) is 6.70. The molecule has 0 bridgehead atoms. The van der Waals surface area contributed by atoms with Gasteiger partial charge < -0.3 is 5.32 Å². The quantitative estimate of drug-likeness (QED) is 0.784. The molecule has 5 heteroatoms. The Bertz CT molecular complexity index is 346. The van der Waals surface area contributed by atoms with Gasteiger partial charge in [-0.15, -0.1) is 12.3 Å². The van der Waals surface area contributed by atoms with E-state index >= 15 is 0 Å². The third-order valence-electron chi connectivity index (χ3n) is 3.73. The van der Waals surface area contributed by atoms with Gasteiger partial charge in [0.05, 0.1) is 5.92 Å². The lowest BCUT2D eigenvalue weighted by Gasteiger charge is -2.32. The second-order valence-corrected chi connectivity index (χ2v) is 5.06. The van der Waals surface area contributed by atoms with Crippen molar-refractivity contribution in [3.63, 3.8) is 0 Å². The summed E-state index contributed by atoms with van der Waals surface area (Å²) < 4.78 is 38.7. The molecule has 2 nitrogen and oxygen atoms in total. The van der Waals surface area contributed by atoms with Crippen LogP contribution in [0.5, 0.6) is 0 Å². The molecule has 0 aromatic carbocycles. The number of carbonyl (C=O) groups excluding carboxylic acids is 1. The van der Waals surface area contributed by atoms with Gasteiger partial charge in [-0.25, -0.2) is 0 Å². The Morgan fingerprint density at radius 2 is 2.05 bits per heavy atom. The van der Waals surface area contributed by atoms with Crippen LogP contribution in [0.25, 0.3) is 0 Å². The smallest absolute Gasteiger partial charge is 0.352 e. The van der Waals surface area contributed by atoms with Gasteiger partial charge in [-0.2, -0.15) is 13.2 Å². The van der Waals surface area contributed by atoms with E-state index in [1.54, 1.807) is 0 Å². The highest BCUT2D eigenvalue weighted by molar-refractivity contribution is 5.79. The number of amides is 1. The molecule has 1 N–H and O–H groups in total. The summed E-state index contributed by atoms with van der Waals surface area (Å²) in [4.78, 5) is 12.0. The van der Waals surface area contributed by atoms with Crippen LogP contribution in [0, 0.1) is 24.2 Å². The predicted molar refractivity (Wildman–Crippen MR) is 67.2 cm³/mol. The predicted octanol–water partition coefficient (Wildman–Crippen LogP) is 3.27. The second kappa shape index (κ2) is 6.83. The van der Waals surface area contributed by atoms with Crippen LogP contribution in [0.15, 0.2) is 0 Å². The highest BCUT2D eigenvalue weighted by Gasteiger charge is 2.48. The largest absolute Gasteiger partial charge is 0.392 e. The molecule has 0 radical (unpaired) electrons. The Kier molecular flexibility index (Phi) is 5.71. The molecular formula is C14H20F3NO. The number of rotatable bonds is 4. The van der Waals surface area contributed by atoms with E-state index in [2.05, 4.69) is 11.2 Å². The van der Waals surface area contributed by atoms with Crippen molar-refractivity contribution >= 4 is 5.91 Å². The lowest BCUT2D eigenvalue weighted by Crippen LogP contribution is -2.45. The van der Waals surface area contributed by atoms with Crippen molar-refractivity contribution in [2.45, 2.75) is 57.7 Å². The summed E-state index contributed by atoms with van der Waals surface area (Å²) in [6.07, 6.45) is 3.43. The van der Waals surface area contributed by atoms with Gasteiger partial charge in [0, 0.05) is 18.4 Å². The number of carbonyl (C=O) groups is 1. The summed E-state index contributed by atoms with van der Waals surface area (Å²) in [5, 5.41) is 2.66. The molecule has 108 valence electrons. The molecule has 1 aliphatic rings. The number of nitrogens with one attached hydrogen (secondary N) is 1. The van der Waals surface area contributed by atoms with Crippen molar-refractivity contribution in [3.05, 3.63) is 0 Å². The minimum atomic E-state index is -4.30. The lowest BCUT2D eigenvalue weighted by atomic mass is 9.78. The van der Waals surface area contributed by atoms with Crippen LogP contribution in [-0.4, -0.2) is 18.1 Å². The maximum absolute atomic E-state index is 12.9. The normalized spacial score (nSPS) is 25.4. The van der Waals surface area contributed by atoms with Crippen LogP contribution in [0.1, 0.15) is 45.4 Å². The Morgan fingerprint density at radius 1 is 1.42 bits per heavy atom. The first-order valence-electron chi connectivity index (χ1n) is 6.70. The lowest BCUT2D eigenvalue weighted by molar-refractivity contribution is -0.198. The summed E-state index contributed by atoms with van der Waals surface area (Å²) in [7, 11) is 0. The monoisotopic (exact) mass is 275 g/mol. The van der Waals surface area contributed by atoms with Crippen LogP contribution < -0.4 is 5.32 Å². The van der Waals surface area contributed by atoms with E-state index in [0.29, 0.717) is 32.1 Å². The van der Waals surface area contributed by atoms with Crippen LogP contribution in [0.4, 0.5) is 13.2 Å². The first kappa shape index (κ1) is 15.9. The van der Waals surface area contributed by atoms with Crippen molar-refractivity contribution in [1.82, 2.24) is 5.32 Å². The molecule has 0 aromatic rings. The minimum absolute atomic E-state index is 0.0491. The highest BCUT2D eigenvalue weighted by Crippen LogP contribution is 2.41. The molecule has 0 saturated heterocycles. The molecule has 0 heterocycles. The van der Waals surface area contributed by atoms with Crippen molar-refractivity contribution in [2.24, 2.45) is 11.8 Å². The molecule has 1 rings (SSSR count). The fraction of sp³-hybridized carbons (Fsp3) is 0.786. The van der Waals surface area contributed by atoms with Crippen LogP contribution in [0.2, 0.25) is 0 Å². The van der Waals surface area contributed by atoms with Gasteiger partial charge in [-0.05, 0) is 19.3 Å². The number of halogens is 3. The van der Waals surface area contributed by atoms with Crippen LogP contribution in [0.3, 0.4) is 0 Å². The third kappa shape index (κ3) is 4.45. The van der Waals surface area contributed by atoms with Gasteiger partial charge in [0.25, 0.3) is 0 Å². The number of alkyl halides is 3. The maximum atomic E-state index is 12.9. The summed E-state index contributed by atoms with van der Waals surface area (Å²) in [6.45, 7) is 1.85. The fourth-order valence-corrected chi connectivity index (χ4v) is 2.58. The molecule has 1 saturated carbocycles. The maximum Gasteiger partial charge on any atom is 0.392 e. The summed E-state index contributed by atoms with van der Waals surface area (Å²) >= 11 is 0. The molecule has 3 unspecified atom stereocenters. The molecule has 0 aliphatic heterocycles. The molecule has 1 fully saturated rings.